The van der Waals surface area contributed by atoms with Crippen LogP contribution in [0.25, 0.3) is 0 Å². The summed E-state index contributed by atoms with van der Waals surface area (Å²) in [6.07, 6.45) is -1.41. The Bertz CT molecular complexity index is 322. The van der Waals surface area contributed by atoms with Crippen LogP contribution < -0.4 is 4.74 Å². The zero-order valence-electron chi connectivity index (χ0n) is 6.52. The predicted molar refractivity (Wildman–Crippen MR) is 56.2 cm³/mol. The molecule has 0 aliphatic carbocycles. The van der Waals surface area contributed by atoms with E-state index in [9.17, 15) is 8.78 Å². The van der Waals surface area contributed by atoms with Crippen LogP contribution in [-0.4, -0.2) is 12.1 Å². The van der Waals surface area contributed by atoms with E-state index in [4.69, 9.17) is 4.74 Å². The Hall–Kier alpha value is 0.0200. The molecule has 0 unspecified atom stereocenters. The molecule has 1 rings (SSSR count). The van der Waals surface area contributed by atoms with E-state index in [2.05, 4.69) is 20.9 Å². The predicted octanol–water partition coefficient (Wildman–Crippen LogP) is 3.39. The highest BCUT2D eigenvalue weighted by Crippen LogP contribution is 2.36. The molecule has 2 nitrogen and oxygen atoms in total. The van der Waals surface area contributed by atoms with E-state index < -0.39 is 6.43 Å². The number of alkyl halides is 2. The van der Waals surface area contributed by atoms with Gasteiger partial charge >= 0.3 is 0 Å². The van der Waals surface area contributed by atoms with Gasteiger partial charge in [0.2, 0.25) is 0 Å². The molecule has 0 amide bonds. The van der Waals surface area contributed by atoms with Crippen LogP contribution in [0.4, 0.5) is 8.78 Å². The van der Waals surface area contributed by atoms with Crippen molar-refractivity contribution in [3.05, 3.63) is 19.9 Å². The van der Waals surface area contributed by atoms with Gasteiger partial charge in [0, 0.05) is 6.20 Å². The van der Waals surface area contributed by atoms with Crippen molar-refractivity contribution in [2.24, 2.45) is 0 Å². The van der Waals surface area contributed by atoms with Crippen molar-refractivity contribution in [1.82, 2.24) is 4.98 Å². The number of methoxy groups -OCH3 is 1. The molecule has 0 bridgehead atoms. The molecule has 0 aromatic carbocycles. The highest BCUT2D eigenvalue weighted by Gasteiger charge is 2.17. The molecular formula is C7H5BrF2INO. The summed E-state index contributed by atoms with van der Waals surface area (Å²) < 4.78 is 30.4. The molecule has 0 saturated carbocycles. The van der Waals surface area contributed by atoms with Crippen molar-refractivity contribution in [3.63, 3.8) is 0 Å². The molecule has 0 aliphatic rings. The summed E-state index contributed by atoms with van der Waals surface area (Å²) in [6, 6.07) is 0. The standard InChI is InChI=1S/C7H5BrF2INO/c1-13-5-4(8)3(6(9)10)2-12-7(5)11/h2,6H,1H3. The molecule has 0 atom stereocenters. The van der Waals surface area contributed by atoms with E-state index >= 15 is 0 Å². The number of rotatable bonds is 2. The highest BCUT2D eigenvalue weighted by atomic mass is 127. The molecule has 0 N–H and O–H groups in total. The second kappa shape index (κ2) is 4.50. The summed E-state index contributed by atoms with van der Waals surface area (Å²) in [6.45, 7) is 0. The zero-order valence-corrected chi connectivity index (χ0v) is 10.3. The average Bonchev–Trinajstić information content (AvgIpc) is 2.04. The minimum Gasteiger partial charge on any atom is -0.493 e. The lowest BCUT2D eigenvalue weighted by atomic mass is 10.3. The van der Waals surface area contributed by atoms with Crippen LogP contribution >= 0.6 is 38.5 Å². The second-order valence-corrected chi connectivity index (χ2v) is 3.97. The first-order valence-electron chi connectivity index (χ1n) is 3.24. The number of halogens is 4. The van der Waals surface area contributed by atoms with Gasteiger partial charge in [-0.1, -0.05) is 0 Å². The Morgan fingerprint density at radius 1 is 1.62 bits per heavy atom. The van der Waals surface area contributed by atoms with Crippen LogP contribution in [0.2, 0.25) is 0 Å². The number of hydrogen-bond donors (Lipinski definition) is 0. The van der Waals surface area contributed by atoms with Crippen LogP contribution in [0.15, 0.2) is 10.7 Å². The summed E-state index contributed by atoms with van der Waals surface area (Å²) in [5, 5.41) is 0. The Labute approximate surface area is 96.0 Å². The molecule has 0 fully saturated rings. The van der Waals surface area contributed by atoms with Crippen LogP contribution in [0.3, 0.4) is 0 Å². The lowest BCUT2D eigenvalue weighted by Gasteiger charge is -2.08. The third-order valence-electron chi connectivity index (χ3n) is 1.40. The van der Waals surface area contributed by atoms with E-state index in [-0.39, 0.29) is 10.0 Å². The molecule has 1 heterocycles. The maximum Gasteiger partial charge on any atom is 0.266 e. The molecule has 0 spiro atoms. The van der Waals surface area contributed by atoms with Gasteiger partial charge in [0.15, 0.2) is 5.75 Å². The number of nitrogens with zero attached hydrogens (tertiary/aromatic N) is 1. The molecular weight excluding hydrogens is 359 g/mol. The number of pyridine rings is 1. The van der Waals surface area contributed by atoms with Crippen LogP contribution in [0.5, 0.6) is 5.75 Å². The molecule has 1 aromatic heterocycles. The molecule has 0 radical (unpaired) electrons. The molecule has 0 saturated heterocycles. The van der Waals surface area contributed by atoms with Crippen molar-refractivity contribution in [2.75, 3.05) is 7.11 Å². The Morgan fingerprint density at radius 3 is 2.69 bits per heavy atom. The van der Waals surface area contributed by atoms with E-state index in [1.165, 1.54) is 7.11 Å². The van der Waals surface area contributed by atoms with Crippen LogP contribution in [0.1, 0.15) is 12.0 Å². The fraction of sp³-hybridized carbons (Fsp3) is 0.286. The fourth-order valence-corrected chi connectivity index (χ4v) is 2.41. The van der Waals surface area contributed by atoms with Crippen molar-refractivity contribution in [3.8, 4) is 5.75 Å². The topological polar surface area (TPSA) is 22.1 Å². The second-order valence-electron chi connectivity index (χ2n) is 2.15. The maximum atomic E-state index is 12.3. The molecule has 13 heavy (non-hydrogen) atoms. The summed E-state index contributed by atoms with van der Waals surface area (Å²) in [5.41, 5.74) is -0.155. The summed E-state index contributed by atoms with van der Waals surface area (Å²) in [4.78, 5) is 3.78. The fourth-order valence-electron chi connectivity index (χ4n) is 0.789. The first kappa shape index (κ1) is 11.1. The lowest BCUT2D eigenvalue weighted by molar-refractivity contribution is 0.149. The van der Waals surface area contributed by atoms with Gasteiger partial charge in [0.25, 0.3) is 6.43 Å². The molecule has 1 aromatic rings. The summed E-state index contributed by atoms with van der Waals surface area (Å²) >= 11 is 4.96. The minimum atomic E-state index is -2.55. The van der Waals surface area contributed by atoms with E-state index in [1.807, 2.05) is 22.6 Å². The van der Waals surface area contributed by atoms with Crippen molar-refractivity contribution in [1.29, 1.82) is 0 Å². The van der Waals surface area contributed by atoms with Gasteiger partial charge in [-0.3, -0.25) is 0 Å². The van der Waals surface area contributed by atoms with E-state index in [0.29, 0.717) is 9.45 Å². The third kappa shape index (κ3) is 2.28. The first-order valence-corrected chi connectivity index (χ1v) is 5.11. The quantitative estimate of drug-likeness (QED) is 0.593. The average molecular weight is 364 g/mol. The van der Waals surface area contributed by atoms with Crippen LogP contribution in [0, 0.1) is 3.70 Å². The maximum absolute atomic E-state index is 12.3. The third-order valence-corrected chi connectivity index (χ3v) is 2.98. The Balaban J connectivity index is 3.27. The minimum absolute atomic E-state index is 0.155. The van der Waals surface area contributed by atoms with Crippen molar-refractivity contribution >= 4 is 38.5 Å². The van der Waals surface area contributed by atoms with E-state index in [0.717, 1.165) is 6.20 Å². The lowest BCUT2D eigenvalue weighted by Crippen LogP contribution is -1.96. The number of ether oxygens (including phenoxy) is 1. The number of aromatic nitrogens is 1. The molecule has 72 valence electrons. The smallest absolute Gasteiger partial charge is 0.266 e. The van der Waals surface area contributed by atoms with Gasteiger partial charge in [-0.2, -0.15) is 0 Å². The SMILES string of the molecule is COc1c(I)ncc(C(F)F)c1Br. The summed E-state index contributed by atoms with van der Waals surface area (Å²) in [5.74, 6) is 0.346. The Morgan fingerprint density at radius 2 is 2.23 bits per heavy atom. The Kier molecular flexibility index (Phi) is 3.84. The highest BCUT2D eigenvalue weighted by molar-refractivity contribution is 14.1. The van der Waals surface area contributed by atoms with Gasteiger partial charge in [0.1, 0.15) is 3.70 Å². The molecule has 0 aliphatic heterocycles. The zero-order chi connectivity index (χ0) is 10.0. The van der Waals surface area contributed by atoms with Gasteiger partial charge < -0.3 is 4.74 Å². The number of hydrogen-bond acceptors (Lipinski definition) is 2. The monoisotopic (exact) mass is 363 g/mol. The van der Waals surface area contributed by atoms with Crippen molar-refractivity contribution < 1.29 is 13.5 Å². The van der Waals surface area contributed by atoms with Gasteiger partial charge in [-0.05, 0) is 38.5 Å². The van der Waals surface area contributed by atoms with Gasteiger partial charge in [-0.15, -0.1) is 0 Å². The summed E-state index contributed by atoms with van der Waals surface area (Å²) in [7, 11) is 1.42. The van der Waals surface area contributed by atoms with Crippen molar-refractivity contribution in [2.45, 2.75) is 6.43 Å². The van der Waals surface area contributed by atoms with E-state index in [1.54, 1.807) is 0 Å². The van der Waals surface area contributed by atoms with Gasteiger partial charge in [-0.25, -0.2) is 13.8 Å². The normalized spacial score (nSPS) is 10.6. The van der Waals surface area contributed by atoms with Gasteiger partial charge in [0.05, 0.1) is 17.1 Å². The first-order chi connectivity index (χ1) is 6.07. The molecule has 6 heteroatoms. The largest absolute Gasteiger partial charge is 0.493 e. The van der Waals surface area contributed by atoms with Crippen LogP contribution in [-0.2, 0) is 0 Å².